The van der Waals surface area contributed by atoms with Crippen LogP contribution < -0.4 is 0 Å². The average Bonchev–Trinajstić information content (AvgIpc) is 3.55. The number of hydrogen-bond donors (Lipinski definition) is 0. The maximum Gasteiger partial charge on any atom is 0.417 e. The Bertz CT molecular complexity index is 1440. The Balaban J connectivity index is 1.31. The summed E-state index contributed by atoms with van der Waals surface area (Å²) in [6.07, 6.45) is 2.61. The molecule has 4 amide bonds. The highest BCUT2D eigenvalue weighted by Crippen LogP contribution is 2.24. The van der Waals surface area contributed by atoms with Gasteiger partial charge in [-0.1, -0.05) is 84.9 Å². The number of carbonyl (C=O) groups is 4. The highest BCUT2D eigenvalue weighted by atomic mass is 19.1. The molecule has 2 saturated heterocycles. The fourth-order valence-electron chi connectivity index (χ4n) is 5.29. The van der Waals surface area contributed by atoms with Crippen molar-refractivity contribution in [2.45, 2.75) is 37.8 Å². The topological polar surface area (TPSA) is 93.2 Å². The van der Waals surface area contributed by atoms with Crippen LogP contribution >= 0.6 is 0 Å². The molecule has 2 heterocycles. The van der Waals surface area contributed by atoms with E-state index in [1.165, 1.54) is 18.2 Å². The van der Waals surface area contributed by atoms with Gasteiger partial charge in [0.05, 0.1) is 18.0 Å². The molecule has 0 saturated carbocycles. The maximum absolute atomic E-state index is 13.8. The molecule has 42 heavy (non-hydrogen) atoms. The van der Waals surface area contributed by atoms with Gasteiger partial charge in [-0.15, -0.1) is 0 Å². The van der Waals surface area contributed by atoms with Crippen LogP contribution in [-0.2, 0) is 38.3 Å². The van der Waals surface area contributed by atoms with Gasteiger partial charge in [0.25, 0.3) is 0 Å². The number of cyclic esters (lactones) is 2. The Hall–Kier alpha value is -4.79. The van der Waals surface area contributed by atoms with Gasteiger partial charge in [-0.05, 0) is 48.1 Å². The summed E-state index contributed by atoms with van der Waals surface area (Å²) >= 11 is 0. The van der Waals surface area contributed by atoms with Crippen molar-refractivity contribution in [3.63, 3.8) is 0 Å². The van der Waals surface area contributed by atoms with Gasteiger partial charge in [0.2, 0.25) is 11.8 Å². The molecule has 0 radical (unpaired) electrons. The van der Waals surface area contributed by atoms with Crippen molar-refractivity contribution in [3.8, 4) is 0 Å². The van der Waals surface area contributed by atoms with Crippen LogP contribution in [0, 0.1) is 11.7 Å². The number of amides is 4. The number of halogens is 1. The van der Waals surface area contributed by atoms with Crippen molar-refractivity contribution in [2.24, 2.45) is 5.92 Å². The third-order valence-corrected chi connectivity index (χ3v) is 7.40. The molecule has 0 aromatic heterocycles. The lowest BCUT2D eigenvalue weighted by atomic mass is 9.95. The minimum absolute atomic E-state index is 0.0742. The van der Waals surface area contributed by atoms with Crippen LogP contribution in [0.25, 0.3) is 0 Å². The van der Waals surface area contributed by atoms with Crippen LogP contribution in [-0.4, -0.2) is 59.1 Å². The number of rotatable bonds is 10. The standard InChI is InChI=1S/C33H31FN2O6/c34-27-16-14-25(15-17-27)18-26(31(38)36-29(22-42-33(36)40)20-24-10-5-2-6-11-24)12-7-13-30(37)35-28(21-41-32(35)39)19-23-8-3-1-4-9-23/h1-12,14-17,26,28-29H,13,18-22H2/t26-,28+,29+/m1/s1. The summed E-state index contributed by atoms with van der Waals surface area (Å²) in [5, 5.41) is 0. The molecule has 5 rings (SSSR count). The third-order valence-electron chi connectivity index (χ3n) is 7.40. The van der Waals surface area contributed by atoms with E-state index in [0.29, 0.717) is 18.4 Å². The predicted octanol–water partition coefficient (Wildman–Crippen LogP) is 5.11. The Morgan fingerprint density at radius 2 is 1.29 bits per heavy atom. The number of nitrogens with zero attached hydrogens (tertiary/aromatic N) is 2. The largest absolute Gasteiger partial charge is 0.447 e. The van der Waals surface area contributed by atoms with E-state index < -0.39 is 47.8 Å². The summed E-state index contributed by atoms with van der Waals surface area (Å²) in [5.74, 6) is -2.17. The van der Waals surface area contributed by atoms with Crippen LogP contribution in [0.5, 0.6) is 0 Å². The van der Waals surface area contributed by atoms with Gasteiger partial charge < -0.3 is 9.47 Å². The molecular formula is C33H31FN2O6. The monoisotopic (exact) mass is 570 g/mol. The average molecular weight is 571 g/mol. The van der Waals surface area contributed by atoms with Crippen LogP contribution in [0.15, 0.2) is 97.1 Å². The smallest absolute Gasteiger partial charge is 0.417 e. The summed E-state index contributed by atoms with van der Waals surface area (Å²) in [6, 6.07) is 23.8. The summed E-state index contributed by atoms with van der Waals surface area (Å²) in [4.78, 5) is 54.3. The molecule has 3 aromatic carbocycles. The lowest BCUT2D eigenvalue weighted by Crippen LogP contribution is -2.43. The van der Waals surface area contributed by atoms with E-state index in [0.717, 1.165) is 20.9 Å². The minimum atomic E-state index is -0.835. The first-order valence-corrected chi connectivity index (χ1v) is 13.9. The molecule has 216 valence electrons. The van der Waals surface area contributed by atoms with Crippen LogP contribution in [0.2, 0.25) is 0 Å². The molecule has 0 N–H and O–H groups in total. The molecule has 2 aliphatic heterocycles. The number of carbonyl (C=O) groups excluding carboxylic acids is 4. The Morgan fingerprint density at radius 3 is 1.86 bits per heavy atom. The zero-order chi connectivity index (χ0) is 29.5. The van der Waals surface area contributed by atoms with Gasteiger partial charge in [-0.2, -0.15) is 0 Å². The molecule has 3 aromatic rings. The molecular weight excluding hydrogens is 539 g/mol. The zero-order valence-corrected chi connectivity index (χ0v) is 22.9. The first kappa shape index (κ1) is 28.7. The van der Waals surface area contributed by atoms with Crippen molar-refractivity contribution < 1.29 is 33.0 Å². The second-order valence-corrected chi connectivity index (χ2v) is 10.4. The summed E-state index contributed by atoms with van der Waals surface area (Å²) < 4.78 is 24.0. The second-order valence-electron chi connectivity index (χ2n) is 10.4. The van der Waals surface area contributed by atoms with E-state index in [9.17, 15) is 23.6 Å². The normalized spacial score (nSPS) is 19.2. The van der Waals surface area contributed by atoms with Crippen LogP contribution in [0.4, 0.5) is 14.0 Å². The van der Waals surface area contributed by atoms with Crippen molar-refractivity contribution in [3.05, 3.63) is 120 Å². The predicted molar refractivity (Wildman–Crippen MR) is 152 cm³/mol. The molecule has 0 aliphatic carbocycles. The Kier molecular flexibility index (Phi) is 9.06. The van der Waals surface area contributed by atoms with Crippen molar-refractivity contribution >= 4 is 24.0 Å². The highest BCUT2D eigenvalue weighted by Gasteiger charge is 2.40. The SMILES string of the molecule is O=C(CC=C[C@H](Cc1ccc(F)cc1)C(=O)N1C(=O)OC[C@@H]1Cc1ccccc1)N1C(=O)OC[C@@H]1Cc1ccccc1. The van der Waals surface area contributed by atoms with Crippen LogP contribution in [0.3, 0.4) is 0 Å². The van der Waals surface area contributed by atoms with Crippen molar-refractivity contribution in [2.75, 3.05) is 13.2 Å². The molecule has 3 atom stereocenters. The molecule has 0 spiro atoms. The molecule has 2 aliphatic rings. The fraction of sp³-hybridized carbons (Fsp3) is 0.273. The van der Waals surface area contributed by atoms with Crippen molar-refractivity contribution in [1.29, 1.82) is 0 Å². The number of imide groups is 2. The summed E-state index contributed by atoms with van der Waals surface area (Å²) in [5.41, 5.74) is 2.61. The van der Waals surface area contributed by atoms with E-state index in [2.05, 4.69) is 0 Å². The maximum atomic E-state index is 13.8. The van der Waals surface area contributed by atoms with Gasteiger partial charge >= 0.3 is 12.2 Å². The second kappa shape index (κ2) is 13.2. The lowest BCUT2D eigenvalue weighted by molar-refractivity contribution is -0.132. The summed E-state index contributed by atoms with van der Waals surface area (Å²) in [7, 11) is 0. The number of ether oxygens (including phenoxy) is 2. The molecule has 8 nitrogen and oxygen atoms in total. The van der Waals surface area contributed by atoms with E-state index >= 15 is 0 Å². The van der Waals surface area contributed by atoms with Gasteiger partial charge in [-0.3, -0.25) is 9.59 Å². The van der Waals surface area contributed by atoms with E-state index in [4.69, 9.17) is 9.47 Å². The highest BCUT2D eigenvalue weighted by molar-refractivity contribution is 5.96. The summed E-state index contributed by atoms with van der Waals surface area (Å²) in [6.45, 7) is 0.180. The van der Waals surface area contributed by atoms with Gasteiger partial charge in [0.1, 0.15) is 19.0 Å². The van der Waals surface area contributed by atoms with E-state index in [1.807, 2.05) is 60.7 Å². The molecule has 9 heteroatoms. The Labute approximate surface area is 243 Å². The molecule has 0 unspecified atom stereocenters. The van der Waals surface area contributed by atoms with Crippen LogP contribution in [0.1, 0.15) is 23.1 Å². The molecule has 2 fully saturated rings. The van der Waals surface area contributed by atoms with Crippen molar-refractivity contribution in [1.82, 2.24) is 9.80 Å². The van der Waals surface area contributed by atoms with Gasteiger partial charge in [0, 0.05) is 6.42 Å². The minimum Gasteiger partial charge on any atom is -0.447 e. The first-order valence-electron chi connectivity index (χ1n) is 13.9. The quantitative estimate of drug-likeness (QED) is 0.315. The molecule has 0 bridgehead atoms. The fourth-order valence-corrected chi connectivity index (χ4v) is 5.29. The van der Waals surface area contributed by atoms with E-state index in [-0.39, 0.29) is 26.1 Å². The van der Waals surface area contributed by atoms with Gasteiger partial charge in [-0.25, -0.2) is 23.8 Å². The third kappa shape index (κ3) is 6.91. The number of hydrogen-bond acceptors (Lipinski definition) is 6. The van der Waals surface area contributed by atoms with E-state index in [1.54, 1.807) is 18.2 Å². The number of benzene rings is 3. The lowest BCUT2D eigenvalue weighted by Gasteiger charge is -2.24. The zero-order valence-electron chi connectivity index (χ0n) is 22.9. The van der Waals surface area contributed by atoms with Gasteiger partial charge in [0.15, 0.2) is 0 Å². The first-order chi connectivity index (χ1) is 20.4. The Morgan fingerprint density at radius 1 is 0.762 bits per heavy atom.